The van der Waals surface area contributed by atoms with Crippen LogP contribution < -0.4 is 0 Å². The van der Waals surface area contributed by atoms with Crippen LogP contribution in [0.15, 0.2) is 18.9 Å². The summed E-state index contributed by atoms with van der Waals surface area (Å²) in [4.78, 5) is 0. The van der Waals surface area contributed by atoms with Crippen molar-refractivity contribution in [2.75, 3.05) is 6.61 Å². The molecule has 14 heavy (non-hydrogen) atoms. The number of allylic oxidation sites excluding steroid dienone is 1. The van der Waals surface area contributed by atoms with Crippen molar-refractivity contribution in [1.29, 1.82) is 0 Å². The molecule has 0 saturated carbocycles. The lowest BCUT2D eigenvalue weighted by molar-refractivity contribution is 0.260. The van der Waals surface area contributed by atoms with Crippen LogP contribution in [0.4, 0.5) is 0 Å². The van der Waals surface area contributed by atoms with Crippen LogP contribution in [-0.2, 0) is 7.05 Å². The standard InChI is InChI=1S/C10H15ClN2O/c1-3-4-5-8(7-14)9-6-13(2)12-10(9)11/h3,6,8,14H,1,4-5,7H2,2H3. The number of hydrogen-bond acceptors (Lipinski definition) is 2. The van der Waals surface area contributed by atoms with E-state index in [0.29, 0.717) is 5.15 Å². The predicted octanol–water partition coefficient (Wildman–Crippen LogP) is 2.12. The Morgan fingerprint density at radius 3 is 2.93 bits per heavy atom. The molecule has 0 aliphatic rings. The van der Waals surface area contributed by atoms with Crippen LogP contribution in [0.2, 0.25) is 5.15 Å². The maximum Gasteiger partial charge on any atom is 0.154 e. The van der Waals surface area contributed by atoms with Gasteiger partial charge in [-0.3, -0.25) is 4.68 Å². The van der Waals surface area contributed by atoms with Crippen LogP contribution in [0, 0.1) is 0 Å². The smallest absolute Gasteiger partial charge is 0.154 e. The van der Waals surface area contributed by atoms with Gasteiger partial charge in [-0.25, -0.2) is 0 Å². The Morgan fingerprint density at radius 2 is 2.50 bits per heavy atom. The zero-order valence-electron chi connectivity index (χ0n) is 8.28. The fourth-order valence-corrected chi connectivity index (χ4v) is 1.74. The first kappa shape index (κ1) is 11.3. The summed E-state index contributed by atoms with van der Waals surface area (Å²) in [6.45, 7) is 3.75. The zero-order valence-corrected chi connectivity index (χ0v) is 9.04. The van der Waals surface area contributed by atoms with Crippen molar-refractivity contribution in [3.63, 3.8) is 0 Å². The molecule has 1 atom stereocenters. The summed E-state index contributed by atoms with van der Waals surface area (Å²) >= 11 is 5.93. The molecule has 1 N–H and O–H groups in total. The van der Waals surface area contributed by atoms with Crippen LogP contribution in [0.3, 0.4) is 0 Å². The van der Waals surface area contributed by atoms with Gasteiger partial charge in [0.1, 0.15) is 0 Å². The molecule has 0 spiro atoms. The van der Waals surface area contributed by atoms with Gasteiger partial charge >= 0.3 is 0 Å². The molecule has 1 aromatic heterocycles. The molecule has 4 heteroatoms. The third kappa shape index (κ3) is 2.59. The van der Waals surface area contributed by atoms with E-state index in [2.05, 4.69) is 11.7 Å². The maximum atomic E-state index is 9.21. The second kappa shape index (κ2) is 5.17. The molecular weight excluding hydrogens is 200 g/mol. The SMILES string of the molecule is C=CCCC(CO)c1cn(C)nc1Cl. The van der Waals surface area contributed by atoms with Crippen LogP contribution >= 0.6 is 11.6 Å². The van der Waals surface area contributed by atoms with Crippen molar-refractivity contribution in [2.24, 2.45) is 7.05 Å². The van der Waals surface area contributed by atoms with Gasteiger partial charge in [0.25, 0.3) is 0 Å². The predicted molar refractivity (Wildman–Crippen MR) is 57.5 cm³/mol. The summed E-state index contributed by atoms with van der Waals surface area (Å²) in [5.74, 6) is 0.0641. The monoisotopic (exact) mass is 214 g/mol. The third-order valence-corrected chi connectivity index (χ3v) is 2.48. The second-order valence-electron chi connectivity index (χ2n) is 3.29. The van der Waals surface area contributed by atoms with Gasteiger partial charge in [-0.2, -0.15) is 5.10 Å². The molecule has 1 heterocycles. The first-order valence-electron chi connectivity index (χ1n) is 4.59. The molecule has 1 unspecified atom stereocenters. The van der Waals surface area contributed by atoms with Crippen molar-refractivity contribution in [3.8, 4) is 0 Å². The topological polar surface area (TPSA) is 38.0 Å². The normalized spacial score (nSPS) is 12.8. The average Bonchev–Trinajstić information content (AvgIpc) is 2.47. The molecule has 1 aromatic rings. The highest BCUT2D eigenvalue weighted by atomic mass is 35.5. The molecule has 0 aromatic carbocycles. The van der Waals surface area contributed by atoms with Gasteiger partial charge in [-0.15, -0.1) is 6.58 Å². The molecule has 1 rings (SSSR count). The van der Waals surface area contributed by atoms with Gasteiger partial charge in [0.15, 0.2) is 5.15 Å². The van der Waals surface area contributed by atoms with E-state index in [-0.39, 0.29) is 12.5 Å². The molecular formula is C10H15ClN2O. The van der Waals surface area contributed by atoms with Crippen molar-refractivity contribution in [1.82, 2.24) is 9.78 Å². The molecule has 0 saturated heterocycles. The largest absolute Gasteiger partial charge is 0.396 e. The molecule has 0 aliphatic heterocycles. The molecule has 0 bridgehead atoms. The van der Waals surface area contributed by atoms with E-state index in [1.54, 1.807) is 4.68 Å². The minimum absolute atomic E-state index is 0.0641. The van der Waals surface area contributed by atoms with Crippen LogP contribution in [0.25, 0.3) is 0 Å². The molecule has 0 aliphatic carbocycles. The number of aromatic nitrogens is 2. The summed E-state index contributed by atoms with van der Waals surface area (Å²) < 4.78 is 1.66. The minimum Gasteiger partial charge on any atom is -0.396 e. The Labute approximate surface area is 89.0 Å². The van der Waals surface area contributed by atoms with Gasteiger partial charge in [0.2, 0.25) is 0 Å². The van der Waals surface area contributed by atoms with Crippen LogP contribution in [-0.4, -0.2) is 21.5 Å². The lowest BCUT2D eigenvalue weighted by Crippen LogP contribution is -2.03. The lowest BCUT2D eigenvalue weighted by Gasteiger charge is -2.10. The zero-order chi connectivity index (χ0) is 10.6. The van der Waals surface area contributed by atoms with Crippen LogP contribution in [0.5, 0.6) is 0 Å². The van der Waals surface area contributed by atoms with Gasteiger partial charge < -0.3 is 5.11 Å². The van der Waals surface area contributed by atoms with E-state index in [4.69, 9.17) is 11.6 Å². The maximum absolute atomic E-state index is 9.21. The number of aryl methyl sites for hydroxylation is 1. The van der Waals surface area contributed by atoms with Gasteiger partial charge in [-0.05, 0) is 12.8 Å². The second-order valence-corrected chi connectivity index (χ2v) is 3.65. The Morgan fingerprint density at radius 1 is 1.79 bits per heavy atom. The summed E-state index contributed by atoms with van der Waals surface area (Å²) in [6, 6.07) is 0. The van der Waals surface area contributed by atoms with Gasteiger partial charge in [-0.1, -0.05) is 17.7 Å². The molecule has 0 radical (unpaired) electrons. The summed E-state index contributed by atoms with van der Waals surface area (Å²) in [5, 5.41) is 13.7. The van der Waals surface area contributed by atoms with Crippen molar-refractivity contribution >= 4 is 11.6 Å². The third-order valence-electron chi connectivity index (χ3n) is 2.19. The van der Waals surface area contributed by atoms with Crippen molar-refractivity contribution in [3.05, 3.63) is 29.6 Å². The fourth-order valence-electron chi connectivity index (χ4n) is 1.42. The van der Waals surface area contributed by atoms with E-state index in [9.17, 15) is 5.11 Å². The summed E-state index contributed by atoms with van der Waals surface area (Å²) in [5.41, 5.74) is 0.915. The number of aliphatic hydroxyl groups excluding tert-OH is 1. The lowest BCUT2D eigenvalue weighted by atomic mass is 9.98. The quantitative estimate of drug-likeness (QED) is 0.763. The Bertz CT molecular complexity index is 309. The molecule has 0 fully saturated rings. The Kier molecular flexibility index (Phi) is 4.17. The Hall–Kier alpha value is -0.800. The average molecular weight is 215 g/mol. The van der Waals surface area contributed by atoms with Gasteiger partial charge in [0, 0.05) is 24.7 Å². The van der Waals surface area contributed by atoms with E-state index in [0.717, 1.165) is 18.4 Å². The van der Waals surface area contributed by atoms with E-state index >= 15 is 0 Å². The first-order valence-corrected chi connectivity index (χ1v) is 4.97. The number of rotatable bonds is 5. The molecule has 0 amide bonds. The van der Waals surface area contributed by atoms with Crippen LogP contribution in [0.1, 0.15) is 24.3 Å². The summed E-state index contributed by atoms with van der Waals surface area (Å²) in [6.07, 6.45) is 5.42. The molecule has 78 valence electrons. The van der Waals surface area contributed by atoms with Crippen molar-refractivity contribution in [2.45, 2.75) is 18.8 Å². The number of nitrogens with zero attached hydrogens (tertiary/aromatic N) is 2. The van der Waals surface area contributed by atoms with Gasteiger partial charge in [0.05, 0.1) is 6.61 Å². The highest BCUT2D eigenvalue weighted by molar-refractivity contribution is 6.30. The number of aliphatic hydroxyl groups is 1. The van der Waals surface area contributed by atoms with E-state index < -0.39 is 0 Å². The van der Waals surface area contributed by atoms with Crippen molar-refractivity contribution < 1.29 is 5.11 Å². The van der Waals surface area contributed by atoms with E-state index in [1.165, 1.54) is 0 Å². The molecule has 3 nitrogen and oxygen atoms in total. The van der Waals surface area contributed by atoms with E-state index in [1.807, 2.05) is 19.3 Å². The number of halogens is 1. The fraction of sp³-hybridized carbons (Fsp3) is 0.500. The summed E-state index contributed by atoms with van der Waals surface area (Å²) in [7, 11) is 1.82. The number of hydrogen-bond donors (Lipinski definition) is 1. The highest BCUT2D eigenvalue weighted by Crippen LogP contribution is 2.26. The minimum atomic E-state index is 0.0641. The highest BCUT2D eigenvalue weighted by Gasteiger charge is 2.15. The Balaban J connectivity index is 2.77. The first-order chi connectivity index (χ1) is 6.69.